The Kier molecular flexibility index (Phi) is 8.34. The number of amides is 1. The summed E-state index contributed by atoms with van der Waals surface area (Å²) in [6, 6.07) is 15.7. The Hall–Kier alpha value is -2.16. The van der Waals surface area contributed by atoms with Crippen molar-refractivity contribution in [1.29, 1.82) is 0 Å². The van der Waals surface area contributed by atoms with Crippen LogP contribution in [-0.4, -0.2) is 16.0 Å². The third-order valence-electron chi connectivity index (χ3n) is 4.93. The summed E-state index contributed by atoms with van der Waals surface area (Å²) >= 11 is 11.8. The maximum Gasteiger partial charge on any atom is 0.269 e. The number of benzene rings is 3. The predicted molar refractivity (Wildman–Crippen MR) is 156 cm³/mol. The van der Waals surface area contributed by atoms with Gasteiger partial charge in [-0.3, -0.25) is 14.9 Å². The van der Waals surface area contributed by atoms with E-state index in [2.05, 4.69) is 55.5 Å². The molecule has 178 valence electrons. The van der Waals surface area contributed by atoms with Crippen LogP contribution in [0.15, 0.2) is 64.5 Å². The molecule has 1 fully saturated rings. The third kappa shape index (κ3) is 6.35. The van der Waals surface area contributed by atoms with Gasteiger partial charge >= 0.3 is 0 Å². The third-order valence-corrected chi connectivity index (χ3v) is 7.86. The van der Waals surface area contributed by atoms with Gasteiger partial charge in [0, 0.05) is 17.2 Å². The lowest BCUT2D eigenvalue weighted by atomic mass is 10.2. The number of nitrogens with one attached hydrogen (secondary N) is 1. The summed E-state index contributed by atoms with van der Waals surface area (Å²) in [5.74, 6) is 0.464. The number of thioether (sulfide) groups is 1. The highest BCUT2D eigenvalue weighted by molar-refractivity contribution is 14.1. The normalized spacial score (nSPS) is 15.5. The molecule has 0 bridgehead atoms. The zero-order valence-corrected chi connectivity index (χ0v) is 23.9. The summed E-state index contributed by atoms with van der Waals surface area (Å²) in [7, 11) is 0. The highest BCUT2D eigenvalue weighted by atomic mass is 127. The summed E-state index contributed by atoms with van der Waals surface area (Å²) in [6.07, 6.45) is 1.81. The van der Waals surface area contributed by atoms with Crippen LogP contribution in [0.5, 0.6) is 5.75 Å². The Labute approximate surface area is 237 Å². The van der Waals surface area contributed by atoms with E-state index in [0.717, 1.165) is 18.3 Å². The predicted octanol–water partition coefficient (Wildman–Crippen LogP) is 7.24. The van der Waals surface area contributed by atoms with Gasteiger partial charge in [0.05, 0.1) is 22.7 Å². The molecular formula is C24H16ClI2N3O4S. The van der Waals surface area contributed by atoms with E-state index in [1.807, 2.05) is 37.3 Å². The zero-order chi connectivity index (χ0) is 25.1. The number of nitro groups is 1. The summed E-state index contributed by atoms with van der Waals surface area (Å²) in [5.41, 5.74) is 3.13. The van der Waals surface area contributed by atoms with E-state index in [9.17, 15) is 14.9 Å². The Morgan fingerprint density at radius 3 is 2.60 bits per heavy atom. The van der Waals surface area contributed by atoms with Gasteiger partial charge in [-0.15, -0.1) is 0 Å². The van der Waals surface area contributed by atoms with Crippen LogP contribution in [-0.2, 0) is 11.4 Å². The molecule has 11 heteroatoms. The number of amidine groups is 1. The van der Waals surface area contributed by atoms with Crippen molar-refractivity contribution in [3.8, 4) is 5.75 Å². The van der Waals surface area contributed by atoms with Gasteiger partial charge in [0.15, 0.2) is 5.17 Å². The van der Waals surface area contributed by atoms with Gasteiger partial charge in [-0.1, -0.05) is 29.8 Å². The fraction of sp³-hybridized carbons (Fsp3) is 0.0833. The largest absolute Gasteiger partial charge is 0.487 e. The van der Waals surface area contributed by atoms with Crippen molar-refractivity contribution in [3.63, 3.8) is 0 Å². The summed E-state index contributed by atoms with van der Waals surface area (Å²) in [6.45, 7) is 2.08. The first-order chi connectivity index (χ1) is 16.7. The minimum absolute atomic E-state index is 0.0261. The van der Waals surface area contributed by atoms with Crippen LogP contribution in [0.2, 0.25) is 5.02 Å². The van der Waals surface area contributed by atoms with Crippen molar-refractivity contribution in [3.05, 3.63) is 98.5 Å². The van der Waals surface area contributed by atoms with Crippen molar-refractivity contribution in [2.75, 3.05) is 0 Å². The number of non-ortho nitro benzene ring substituents is 1. The number of hydrogen-bond donors (Lipinski definition) is 1. The first kappa shape index (κ1) is 25.9. The molecule has 1 amide bonds. The molecule has 0 aliphatic carbocycles. The van der Waals surface area contributed by atoms with E-state index in [-0.39, 0.29) is 18.2 Å². The number of nitro benzene ring substituents is 1. The summed E-state index contributed by atoms with van der Waals surface area (Å²) < 4.78 is 7.69. The van der Waals surface area contributed by atoms with Gasteiger partial charge in [-0.05, 0) is 111 Å². The molecule has 1 aliphatic rings. The van der Waals surface area contributed by atoms with Crippen LogP contribution < -0.4 is 10.1 Å². The molecule has 1 heterocycles. The van der Waals surface area contributed by atoms with E-state index >= 15 is 0 Å². The van der Waals surface area contributed by atoms with Gasteiger partial charge in [-0.2, -0.15) is 0 Å². The molecule has 4 rings (SSSR count). The number of carbonyl (C=O) groups is 1. The van der Waals surface area contributed by atoms with Crippen LogP contribution in [0, 0.1) is 24.2 Å². The molecule has 3 aromatic rings. The topological polar surface area (TPSA) is 93.8 Å². The smallest absolute Gasteiger partial charge is 0.269 e. The van der Waals surface area contributed by atoms with E-state index in [4.69, 9.17) is 16.3 Å². The van der Waals surface area contributed by atoms with Crippen molar-refractivity contribution in [2.24, 2.45) is 4.99 Å². The second-order valence-electron chi connectivity index (χ2n) is 7.40. The Morgan fingerprint density at radius 1 is 1.17 bits per heavy atom. The Morgan fingerprint density at radius 2 is 1.89 bits per heavy atom. The number of halogens is 3. The lowest BCUT2D eigenvalue weighted by molar-refractivity contribution is -0.384. The van der Waals surface area contributed by atoms with E-state index in [1.54, 1.807) is 18.2 Å². The maximum absolute atomic E-state index is 12.5. The lowest BCUT2D eigenvalue weighted by Gasteiger charge is -2.11. The fourth-order valence-electron chi connectivity index (χ4n) is 3.17. The molecular weight excluding hydrogens is 716 g/mol. The quantitative estimate of drug-likeness (QED) is 0.125. The highest BCUT2D eigenvalue weighted by Gasteiger charge is 2.24. The zero-order valence-electron chi connectivity index (χ0n) is 18.1. The second-order valence-corrected chi connectivity index (χ2v) is 11.2. The SMILES string of the molecule is Cc1c(Cl)cccc1N=C1NC(=O)/C(=C\c2cc(I)c(OCc3cccc([N+](=O)[O-])c3)c(I)c2)S1. The minimum atomic E-state index is -0.428. The van der Waals surface area contributed by atoms with Gasteiger partial charge in [-0.25, -0.2) is 4.99 Å². The minimum Gasteiger partial charge on any atom is -0.487 e. The molecule has 0 unspecified atom stereocenters. The number of nitrogens with zero attached hydrogens (tertiary/aromatic N) is 2. The van der Waals surface area contributed by atoms with Crippen LogP contribution in [0.25, 0.3) is 6.08 Å². The van der Waals surface area contributed by atoms with Crippen LogP contribution in [0.1, 0.15) is 16.7 Å². The summed E-state index contributed by atoms with van der Waals surface area (Å²) in [5, 5.41) is 14.9. The fourth-order valence-corrected chi connectivity index (χ4v) is 6.31. The van der Waals surface area contributed by atoms with E-state index in [0.29, 0.717) is 32.1 Å². The van der Waals surface area contributed by atoms with Crippen molar-refractivity contribution >= 4 is 97.1 Å². The molecule has 0 saturated carbocycles. The molecule has 7 nitrogen and oxygen atoms in total. The number of rotatable bonds is 6. The van der Waals surface area contributed by atoms with Crippen molar-refractivity contribution in [1.82, 2.24) is 5.32 Å². The van der Waals surface area contributed by atoms with E-state index < -0.39 is 4.92 Å². The lowest BCUT2D eigenvalue weighted by Crippen LogP contribution is -2.19. The average Bonchev–Trinajstić information content (AvgIpc) is 3.15. The summed E-state index contributed by atoms with van der Waals surface area (Å²) in [4.78, 5) is 28.1. The van der Waals surface area contributed by atoms with Gasteiger partial charge < -0.3 is 10.1 Å². The molecule has 1 aliphatic heterocycles. The van der Waals surface area contributed by atoms with Gasteiger partial charge in [0.1, 0.15) is 12.4 Å². The Balaban J connectivity index is 1.51. The van der Waals surface area contributed by atoms with Crippen LogP contribution >= 0.6 is 68.5 Å². The molecule has 1 saturated heterocycles. The van der Waals surface area contributed by atoms with Crippen molar-refractivity contribution < 1.29 is 14.5 Å². The molecule has 0 spiro atoms. The van der Waals surface area contributed by atoms with E-state index in [1.165, 1.54) is 23.9 Å². The number of hydrogen-bond acceptors (Lipinski definition) is 6. The first-order valence-corrected chi connectivity index (χ1v) is 13.5. The number of ether oxygens (including phenoxy) is 1. The van der Waals surface area contributed by atoms with Gasteiger partial charge in [0.2, 0.25) is 0 Å². The molecule has 0 radical (unpaired) electrons. The average molecular weight is 732 g/mol. The molecule has 0 atom stereocenters. The number of carbonyl (C=O) groups excluding carboxylic acids is 1. The molecule has 1 N–H and O–H groups in total. The van der Waals surface area contributed by atoms with Crippen molar-refractivity contribution in [2.45, 2.75) is 13.5 Å². The standard InChI is InChI=1S/C24H16ClI2N3O4S/c1-13-17(25)6-3-7-20(13)28-24-29-23(31)21(35-24)11-15-9-18(26)22(19(27)10-15)34-12-14-4-2-5-16(8-14)30(32)33/h2-11H,12H2,1H3,(H,28,29,31)/b21-11+. The van der Waals surface area contributed by atoms with Crippen LogP contribution in [0.3, 0.4) is 0 Å². The second kappa shape index (κ2) is 11.3. The highest BCUT2D eigenvalue weighted by Crippen LogP contribution is 2.34. The first-order valence-electron chi connectivity index (χ1n) is 10.1. The van der Waals surface area contributed by atoms with Gasteiger partial charge in [0.25, 0.3) is 11.6 Å². The van der Waals surface area contributed by atoms with Crippen LogP contribution in [0.4, 0.5) is 11.4 Å². The number of aliphatic imine (C=N–C) groups is 1. The molecule has 3 aromatic carbocycles. The molecule has 35 heavy (non-hydrogen) atoms. The monoisotopic (exact) mass is 731 g/mol. The Bertz CT molecular complexity index is 1390. The maximum atomic E-state index is 12.5. The molecule has 0 aromatic heterocycles.